The lowest BCUT2D eigenvalue weighted by Crippen LogP contribution is -2.30. The van der Waals surface area contributed by atoms with Gasteiger partial charge in [-0.05, 0) is 57.3 Å². The number of ether oxygens (including phenoxy) is 4. The summed E-state index contributed by atoms with van der Waals surface area (Å²) in [5, 5.41) is 10.6. The van der Waals surface area contributed by atoms with Crippen molar-refractivity contribution >= 4 is 39.5 Å². The van der Waals surface area contributed by atoms with Gasteiger partial charge in [0.2, 0.25) is 0 Å². The molecule has 19 heteroatoms. The first-order chi connectivity index (χ1) is 42.5. The van der Waals surface area contributed by atoms with E-state index in [0.717, 1.165) is 109 Å². The lowest BCUT2D eigenvalue weighted by Gasteiger charge is -2.21. The highest BCUT2D eigenvalue weighted by atomic mass is 31.2. The van der Waals surface area contributed by atoms with E-state index < -0.39 is 97.5 Å². The van der Waals surface area contributed by atoms with Crippen LogP contribution < -0.4 is 0 Å². The van der Waals surface area contributed by atoms with Crippen molar-refractivity contribution in [2.45, 2.75) is 348 Å². The van der Waals surface area contributed by atoms with Crippen molar-refractivity contribution in [2.24, 2.45) is 5.92 Å². The van der Waals surface area contributed by atoms with Gasteiger partial charge in [-0.3, -0.25) is 37.3 Å². The van der Waals surface area contributed by atoms with E-state index in [1.165, 1.54) is 135 Å². The highest BCUT2D eigenvalue weighted by Gasteiger charge is 2.30. The summed E-state index contributed by atoms with van der Waals surface area (Å²) in [4.78, 5) is 72.3. The normalized spacial score (nSPS) is 14.3. The molecule has 17 nitrogen and oxygen atoms in total. The summed E-state index contributed by atoms with van der Waals surface area (Å²) < 4.78 is 68.1. The molecule has 0 amide bonds. The van der Waals surface area contributed by atoms with Crippen molar-refractivity contribution in [2.75, 3.05) is 39.6 Å². The van der Waals surface area contributed by atoms with Gasteiger partial charge in [0.05, 0.1) is 26.4 Å². The van der Waals surface area contributed by atoms with Crippen LogP contribution in [0.1, 0.15) is 330 Å². The Morgan fingerprint density at radius 3 is 0.932 bits per heavy atom. The van der Waals surface area contributed by atoms with Gasteiger partial charge in [-0.2, -0.15) is 0 Å². The van der Waals surface area contributed by atoms with Gasteiger partial charge < -0.3 is 33.8 Å². The number of carbonyl (C=O) groups is 4. The molecule has 0 aliphatic carbocycles. The number of rotatable bonds is 67. The number of hydrogen-bond acceptors (Lipinski definition) is 15. The lowest BCUT2D eigenvalue weighted by atomic mass is 10.0. The van der Waals surface area contributed by atoms with Crippen LogP contribution in [0, 0.1) is 5.92 Å². The van der Waals surface area contributed by atoms with E-state index >= 15 is 0 Å². The molecule has 0 saturated heterocycles. The van der Waals surface area contributed by atoms with Gasteiger partial charge in [0.15, 0.2) is 12.2 Å². The first-order valence-electron chi connectivity index (χ1n) is 35.5. The predicted molar refractivity (Wildman–Crippen MR) is 354 cm³/mol. The molecule has 2 unspecified atom stereocenters. The monoisotopic (exact) mass is 1290 g/mol. The number of aliphatic hydroxyl groups excluding tert-OH is 1. The second-order valence-corrected chi connectivity index (χ2v) is 27.6. The van der Waals surface area contributed by atoms with Gasteiger partial charge >= 0.3 is 39.5 Å². The maximum absolute atomic E-state index is 13.0. The van der Waals surface area contributed by atoms with Crippen LogP contribution in [0.15, 0.2) is 24.3 Å². The number of aliphatic hydroxyl groups is 1. The fourth-order valence-corrected chi connectivity index (χ4v) is 11.5. The van der Waals surface area contributed by atoms with Crippen LogP contribution in [0.5, 0.6) is 0 Å². The van der Waals surface area contributed by atoms with Crippen molar-refractivity contribution in [3.63, 3.8) is 0 Å². The van der Waals surface area contributed by atoms with E-state index in [-0.39, 0.29) is 25.7 Å². The van der Waals surface area contributed by atoms with Gasteiger partial charge in [-0.1, -0.05) is 277 Å². The summed E-state index contributed by atoms with van der Waals surface area (Å²) in [5.41, 5.74) is 0. The van der Waals surface area contributed by atoms with Crippen LogP contribution in [0.2, 0.25) is 0 Å². The number of hydrogen-bond donors (Lipinski definition) is 3. The number of unbranched alkanes of at least 4 members (excludes halogenated alkanes) is 36. The molecular formula is C69H130O17P2. The highest BCUT2D eigenvalue weighted by Crippen LogP contribution is 2.45. The summed E-state index contributed by atoms with van der Waals surface area (Å²) in [7, 11) is -9.91. The second kappa shape index (κ2) is 62.0. The Morgan fingerprint density at radius 1 is 0.352 bits per heavy atom. The minimum absolute atomic E-state index is 0.0854. The van der Waals surface area contributed by atoms with Crippen molar-refractivity contribution in [1.82, 2.24) is 0 Å². The van der Waals surface area contributed by atoms with Crippen molar-refractivity contribution in [1.29, 1.82) is 0 Å². The second-order valence-electron chi connectivity index (χ2n) is 24.7. The van der Waals surface area contributed by atoms with Gasteiger partial charge in [-0.15, -0.1) is 0 Å². The quantitative estimate of drug-likeness (QED) is 0.0169. The molecule has 0 spiro atoms. The van der Waals surface area contributed by atoms with Gasteiger partial charge in [0.1, 0.15) is 19.3 Å². The Labute approximate surface area is 535 Å². The fourth-order valence-electron chi connectivity index (χ4n) is 9.93. The summed E-state index contributed by atoms with van der Waals surface area (Å²) in [6, 6.07) is 0. The number of esters is 4. The minimum atomic E-state index is -4.96. The van der Waals surface area contributed by atoms with E-state index in [4.69, 9.17) is 37.0 Å². The van der Waals surface area contributed by atoms with Crippen molar-refractivity contribution in [3.05, 3.63) is 24.3 Å². The number of carbonyl (C=O) groups excluding carboxylic acids is 4. The molecule has 0 aromatic heterocycles. The predicted octanol–water partition coefficient (Wildman–Crippen LogP) is 19.3. The zero-order valence-corrected chi connectivity index (χ0v) is 58.1. The molecule has 3 N–H and O–H groups in total. The Morgan fingerprint density at radius 2 is 0.614 bits per heavy atom. The SMILES string of the molecule is CCCCCC/C=C\C=C/CCCCCCCC(=O)O[C@H](COC(=O)CCCCCCCCCCCCCCCCC)COP(=O)(O)OC[C@@H](O)COP(=O)(O)OC[C@@H](COC(=O)CCCCCCCCCC)OC(=O)CCCCCCCCCC(C)C. The molecule has 518 valence electrons. The molecule has 0 aliphatic heterocycles. The molecule has 0 fully saturated rings. The van der Waals surface area contributed by atoms with Crippen LogP contribution in [0.4, 0.5) is 0 Å². The fraction of sp³-hybridized carbons (Fsp3) is 0.884. The maximum Gasteiger partial charge on any atom is 0.472 e. The molecule has 0 saturated carbocycles. The van der Waals surface area contributed by atoms with E-state index in [2.05, 4.69) is 58.9 Å². The molecular weight excluding hydrogens is 1160 g/mol. The van der Waals surface area contributed by atoms with Crippen LogP contribution in [0.3, 0.4) is 0 Å². The van der Waals surface area contributed by atoms with E-state index in [9.17, 15) is 43.2 Å². The van der Waals surface area contributed by atoms with Gasteiger partial charge in [0, 0.05) is 25.7 Å². The van der Waals surface area contributed by atoms with E-state index in [0.29, 0.717) is 31.6 Å². The third-order valence-electron chi connectivity index (χ3n) is 15.4. The average molecular weight is 1290 g/mol. The lowest BCUT2D eigenvalue weighted by molar-refractivity contribution is -0.161. The molecule has 0 aromatic rings. The molecule has 0 bridgehead atoms. The Kier molecular flexibility index (Phi) is 60.3. The minimum Gasteiger partial charge on any atom is -0.462 e. The van der Waals surface area contributed by atoms with Gasteiger partial charge in [-0.25, -0.2) is 9.13 Å². The molecule has 5 atom stereocenters. The van der Waals surface area contributed by atoms with Crippen LogP contribution in [-0.4, -0.2) is 96.7 Å². The molecule has 0 rings (SSSR count). The van der Waals surface area contributed by atoms with Crippen LogP contribution in [0.25, 0.3) is 0 Å². The van der Waals surface area contributed by atoms with E-state index in [1.807, 2.05) is 0 Å². The van der Waals surface area contributed by atoms with E-state index in [1.54, 1.807) is 0 Å². The Balaban J connectivity index is 5.26. The number of phosphoric ester groups is 2. The smallest absolute Gasteiger partial charge is 0.462 e. The zero-order valence-electron chi connectivity index (χ0n) is 56.3. The summed E-state index contributed by atoms with van der Waals surface area (Å²) >= 11 is 0. The van der Waals surface area contributed by atoms with Crippen molar-refractivity contribution in [3.8, 4) is 0 Å². The molecule has 0 aromatic carbocycles. The molecule has 0 heterocycles. The summed E-state index contributed by atoms with van der Waals surface area (Å²) in [6.07, 6.45) is 50.9. The van der Waals surface area contributed by atoms with Crippen LogP contribution >= 0.6 is 15.6 Å². The molecule has 0 aliphatic rings. The largest absolute Gasteiger partial charge is 0.472 e. The Bertz CT molecular complexity index is 1800. The first kappa shape index (κ1) is 85.5. The summed E-state index contributed by atoms with van der Waals surface area (Å²) in [6.45, 7) is 7.08. The first-order valence-corrected chi connectivity index (χ1v) is 38.4. The third kappa shape index (κ3) is 62.4. The molecule has 88 heavy (non-hydrogen) atoms. The zero-order chi connectivity index (χ0) is 64.9. The Hall–Kier alpha value is -2.46. The van der Waals surface area contributed by atoms with Crippen LogP contribution in [-0.2, 0) is 65.4 Å². The number of allylic oxidation sites excluding steroid dienone is 4. The third-order valence-corrected chi connectivity index (χ3v) is 17.3. The standard InChI is InChI=1S/C69H130O17P2/c1-6-9-12-15-18-21-23-25-27-29-31-33-38-43-48-53-67(72)80-59-64(85-68(73)54-49-44-39-34-32-30-28-26-24-22-19-16-13-10-7-2)60-83-87(75,76)81-56-63(70)57-82-88(77,78)84-61-65(58-79-66(71)52-47-42-37-20-17-14-11-8-3)86-69(74)55-50-45-40-35-36-41-46-51-62(4)5/h22,24,26,28,62-65,70H,6-21,23,25,27,29-61H2,1-5H3,(H,75,76)(H,77,78)/b24-22-,28-26-/t63-,64-,65-/m1/s1. The maximum atomic E-state index is 13.0. The van der Waals surface area contributed by atoms with Gasteiger partial charge in [0.25, 0.3) is 0 Å². The topological polar surface area (TPSA) is 237 Å². The highest BCUT2D eigenvalue weighted by molar-refractivity contribution is 7.47. The molecule has 0 radical (unpaired) electrons. The number of phosphoric acid groups is 2. The summed E-state index contributed by atoms with van der Waals surface area (Å²) in [5.74, 6) is -1.47. The van der Waals surface area contributed by atoms with Crippen molar-refractivity contribution < 1.29 is 80.2 Å². The average Bonchev–Trinajstić information content (AvgIpc) is 3.68.